The molecule has 6 nitrogen and oxygen atoms in total. The molecular formula is C21H20ClN3O3. The molecule has 0 aliphatic rings. The maximum absolute atomic E-state index is 12.7. The van der Waals surface area contributed by atoms with Crippen LogP contribution in [0.25, 0.3) is 0 Å². The Labute approximate surface area is 168 Å². The number of amides is 1. The SMILES string of the molecule is COc1cccc(OC)c1C(=O)Nc1ccc(Nc2cccc(Cl)c2C)nc1. The molecule has 0 fully saturated rings. The Bertz CT molecular complexity index is 968. The van der Waals surface area contributed by atoms with E-state index in [-0.39, 0.29) is 5.91 Å². The van der Waals surface area contributed by atoms with Crippen LogP contribution in [0.1, 0.15) is 15.9 Å². The molecule has 1 aromatic heterocycles. The molecule has 0 saturated carbocycles. The van der Waals surface area contributed by atoms with Crippen molar-refractivity contribution in [2.24, 2.45) is 0 Å². The highest BCUT2D eigenvalue weighted by molar-refractivity contribution is 6.31. The largest absolute Gasteiger partial charge is 0.496 e. The molecule has 2 aromatic carbocycles. The predicted molar refractivity (Wildman–Crippen MR) is 111 cm³/mol. The molecule has 3 aromatic rings. The number of anilines is 3. The third kappa shape index (κ3) is 4.18. The van der Waals surface area contributed by atoms with Gasteiger partial charge in [0.25, 0.3) is 5.91 Å². The van der Waals surface area contributed by atoms with Gasteiger partial charge in [0.05, 0.1) is 26.1 Å². The lowest BCUT2D eigenvalue weighted by molar-refractivity contribution is 0.102. The van der Waals surface area contributed by atoms with Gasteiger partial charge in [-0.15, -0.1) is 0 Å². The summed E-state index contributed by atoms with van der Waals surface area (Å²) in [6.07, 6.45) is 1.57. The minimum absolute atomic E-state index is 0.323. The van der Waals surface area contributed by atoms with Crippen LogP contribution in [0.2, 0.25) is 5.02 Å². The Hall–Kier alpha value is -3.25. The molecule has 0 spiro atoms. The first-order chi connectivity index (χ1) is 13.5. The average Bonchev–Trinajstić information content (AvgIpc) is 2.72. The Kier molecular flexibility index (Phi) is 6.01. The van der Waals surface area contributed by atoms with Crippen LogP contribution in [0, 0.1) is 6.92 Å². The van der Waals surface area contributed by atoms with Gasteiger partial charge in [0.1, 0.15) is 22.9 Å². The maximum atomic E-state index is 12.7. The maximum Gasteiger partial charge on any atom is 0.263 e. The molecule has 3 rings (SSSR count). The second-order valence-electron chi connectivity index (χ2n) is 5.96. The predicted octanol–water partition coefficient (Wildman–Crippen LogP) is 5.06. The number of rotatable bonds is 6. The van der Waals surface area contributed by atoms with E-state index < -0.39 is 0 Å². The summed E-state index contributed by atoms with van der Waals surface area (Å²) in [4.78, 5) is 17.0. The monoisotopic (exact) mass is 397 g/mol. The van der Waals surface area contributed by atoms with Crippen molar-refractivity contribution in [1.82, 2.24) is 4.98 Å². The quantitative estimate of drug-likeness (QED) is 0.608. The van der Waals surface area contributed by atoms with Crippen molar-refractivity contribution in [3.05, 3.63) is 70.9 Å². The molecule has 1 heterocycles. The molecule has 0 radical (unpaired) electrons. The topological polar surface area (TPSA) is 72.5 Å². The summed E-state index contributed by atoms with van der Waals surface area (Å²) >= 11 is 6.14. The molecule has 0 unspecified atom stereocenters. The van der Waals surface area contributed by atoms with Crippen molar-refractivity contribution < 1.29 is 14.3 Å². The van der Waals surface area contributed by atoms with Crippen LogP contribution in [-0.4, -0.2) is 25.1 Å². The number of carbonyl (C=O) groups is 1. The number of pyridine rings is 1. The molecule has 1 amide bonds. The number of nitrogens with zero attached hydrogens (tertiary/aromatic N) is 1. The van der Waals surface area contributed by atoms with Crippen molar-refractivity contribution in [3.8, 4) is 11.5 Å². The normalized spacial score (nSPS) is 10.3. The highest BCUT2D eigenvalue weighted by Gasteiger charge is 2.18. The van der Waals surface area contributed by atoms with Crippen LogP contribution >= 0.6 is 11.6 Å². The van der Waals surface area contributed by atoms with Gasteiger partial charge in [0.2, 0.25) is 0 Å². The molecule has 28 heavy (non-hydrogen) atoms. The van der Waals surface area contributed by atoms with Gasteiger partial charge in [-0.2, -0.15) is 0 Å². The lowest BCUT2D eigenvalue weighted by atomic mass is 10.1. The molecule has 0 bridgehead atoms. The zero-order valence-corrected chi connectivity index (χ0v) is 16.5. The van der Waals surface area contributed by atoms with E-state index in [4.69, 9.17) is 21.1 Å². The number of hydrogen-bond donors (Lipinski definition) is 2. The highest BCUT2D eigenvalue weighted by atomic mass is 35.5. The lowest BCUT2D eigenvalue weighted by Gasteiger charge is -2.13. The zero-order valence-electron chi connectivity index (χ0n) is 15.7. The van der Waals surface area contributed by atoms with Gasteiger partial charge in [-0.1, -0.05) is 23.7 Å². The van der Waals surface area contributed by atoms with Crippen molar-refractivity contribution in [2.75, 3.05) is 24.9 Å². The third-order valence-corrected chi connectivity index (χ3v) is 4.62. The Morgan fingerprint density at radius 3 is 2.29 bits per heavy atom. The second-order valence-corrected chi connectivity index (χ2v) is 6.37. The van der Waals surface area contributed by atoms with Crippen LogP contribution < -0.4 is 20.1 Å². The molecule has 2 N–H and O–H groups in total. The van der Waals surface area contributed by atoms with Gasteiger partial charge < -0.3 is 20.1 Å². The minimum atomic E-state index is -0.345. The smallest absolute Gasteiger partial charge is 0.263 e. The average molecular weight is 398 g/mol. The van der Waals surface area contributed by atoms with Crippen LogP contribution in [-0.2, 0) is 0 Å². The summed E-state index contributed by atoms with van der Waals surface area (Å²) in [5.74, 6) is 1.15. The van der Waals surface area contributed by atoms with E-state index in [2.05, 4.69) is 15.6 Å². The fraction of sp³-hybridized carbons (Fsp3) is 0.143. The number of benzene rings is 2. The number of hydrogen-bond acceptors (Lipinski definition) is 5. The number of nitrogens with one attached hydrogen (secondary N) is 2. The van der Waals surface area contributed by atoms with Crippen molar-refractivity contribution >= 4 is 34.7 Å². The Morgan fingerprint density at radius 1 is 1.00 bits per heavy atom. The van der Waals surface area contributed by atoms with Crippen LogP contribution in [0.3, 0.4) is 0 Å². The summed E-state index contributed by atoms with van der Waals surface area (Å²) in [5, 5.41) is 6.70. The van der Waals surface area contributed by atoms with Crippen molar-refractivity contribution in [1.29, 1.82) is 0 Å². The van der Waals surface area contributed by atoms with E-state index in [1.807, 2.05) is 25.1 Å². The molecule has 0 saturated heterocycles. The molecule has 0 aliphatic carbocycles. The van der Waals surface area contributed by atoms with E-state index in [9.17, 15) is 4.79 Å². The molecule has 0 atom stereocenters. The summed E-state index contributed by atoms with van der Waals surface area (Å²) in [7, 11) is 3.01. The van der Waals surface area contributed by atoms with Crippen molar-refractivity contribution in [2.45, 2.75) is 6.92 Å². The van der Waals surface area contributed by atoms with Gasteiger partial charge in [0, 0.05) is 10.7 Å². The van der Waals surface area contributed by atoms with Crippen molar-refractivity contribution in [3.63, 3.8) is 0 Å². The number of methoxy groups -OCH3 is 2. The van der Waals surface area contributed by atoms with Crippen LogP contribution in [0.5, 0.6) is 11.5 Å². The van der Waals surface area contributed by atoms with E-state index in [0.717, 1.165) is 11.3 Å². The summed E-state index contributed by atoms with van der Waals surface area (Å²) in [6.45, 7) is 1.93. The van der Waals surface area contributed by atoms with E-state index in [1.165, 1.54) is 14.2 Å². The van der Waals surface area contributed by atoms with Gasteiger partial charge in [-0.3, -0.25) is 4.79 Å². The molecular weight excluding hydrogens is 378 g/mol. The van der Waals surface area contributed by atoms with Gasteiger partial charge >= 0.3 is 0 Å². The fourth-order valence-corrected chi connectivity index (χ4v) is 2.87. The van der Waals surface area contributed by atoms with E-state index >= 15 is 0 Å². The minimum Gasteiger partial charge on any atom is -0.496 e. The highest BCUT2D eigenvalue weighted by Crippen LogP contribution is 2.29. The molecule has 0 aliphatic heterocycles. The lowest BCUT2D eigenvalue weighted by Crippen LogP contribution is -2.14. The molecule has 144 valence electrons. The standard InChI is InChI=1S/C21H20ClN3O3/c1-13-15(22)6-4-7-16(13)25-19-11-10-14(12-23-19)24-21(26)20-17(27-2)8-5-9-18(20)28-3/h4-12H,1-3H3,(H,23,25)(H,24,26). The van der Waals surface area contributed by atoms with Crippen LogP contribution in [0.4, 0.5) is 17.2 Å². The summed E-state index contributed by atoms with van der Waals surface area (Å²) in [5.41, 5.74) is 2.68. The number of aromatic nitrogens is 1. The first-order valence-corrected chi connectivity index (χ1v) is 8.92. The third-order valence-electron chi connectivity index (χ3n) is 4.21. The van der Waals surface area contributed by atoms with Gasteiger partial charge in [0.15, 0.2) is 0 Å². The van der Waals surface area contributed by atoms with Crippen LogP contribution in [0.15, 0.2) is 54.7 Å². The molecule has 7 heteroatoms. The Morgan fingerprint density at radius 2 is 1.68 bits per heavy atom. The van der Waals surface area contributed by atoms with Gasteiger partial charge in [-0.05, 0) is 48.9 Å². The van der Waals surface area contributed by atoms with Gasteiger partial charge in [-0.25, -0.2) is 4.98 Å². The first kappa shape index (κ1) is 19.5. The second kappa shape index (κ2) is 8.63. The number of carbonyl (C=O) groups excluding carboxylic acids is 1. The zero-order chi connectivity index (χ0) is 20.1. The first-order valence-electron chi connectivity index (χ1n) is 8.54. The fourth-order valence-electron chi connectivity index (χ4n) is 2.69. The summed E-state index contributed by atoms with van der Waals surface area (Å²) in [6, 6.07) is 14.3. The van der Waals surface area contributed by atoms with E-state index in [1.54, 1.807) is 36.5 Å². The Balaban J connectivity index is 1.76. The number of ether oxygens (including phenoxy) is 2. The van der Waals surface area contributed by atoms with E-state index in [0.29, 0.717) is 33.6 Å². The summed E-state index contributed by atoms with van der Waals surface area (Å²) < 4.78 is 10.6. The number of halogens is 1.